The van der Waals surface area contributed by atoms with Crippen LogP contribution in [0, 0.1) is 5.82 Å². The third-order valence-corrected chi connectivity index (χ3v) is 3.43. The van der Waals surface area contributed by atoms with E-state index in [4.69, 9.17) is 18.9 Å². The molecule has 0 aliphatic rings. The van der Waals surface area contributed by atoms with Crippen molar-refractivity contribution in [3.8, 4) is 17.2 Å². The van der Waals surface area contributed by atoms with Crippen LogP contribution in [0.4, 0.5) is 4.39 Å². The number of hydrogen-bond donors (Lipinski definition) is 0. The number of methoxy groups -OCH3 is 3. The Labute approximate surface area is 144 Å². The first-order valence-electron chi connectivity index (χ1n) is 7.26. The summed E-state index contributed by atoms with van der Waals surface area (Å²) in [5.41, 5.74) is 0.0498. The molecule has 0 saturated carbocycles. The molecular weight excluding hydrogens is 331 g/mol. The molecule has 0 aromatic heterocycles. The molecule has 132 valence electrons. The summed E-state index contributed by atoms with van der Waals surface area (Å²) >= 11 is 0. The predicted molar refractivity (Wildman–Crippen MR) is 87.1 cm³/mol. The molecule has 0 unspecified atom stereocenters. The number of ketones is 1. The van der Waals surface area contributed by atoms with Crippen LogP contribution in [0.15, 0.2) is 36.4 Å². The summed E-state index contributed by atoms with van der Waals surface area (Å²) in [5.74, 6) is -1.30. The molecular formula is C18H17FO6. The standard InChI is InChI=1S/C18H17FO6/c1-22-14-8-7-11(19)9-12(14)13(20)10-25-18(21)17-15(23-2)5-4-6-16(17)24-3/h4-9H,10H2,1-3H3. The van der Waals surface area contributed by atoms with Crippen LogP contribution < -0.4 is 14.2 Å². The van der Waals surface area contributed by atoms with Crippen molar-refractivity contribution in [2.45, 2.75) is 0 Å². The van der Waals surface area contributed by atoms with Gasteiger partial charge in [-0.15, -0.1) is 0 Å². The predicted octanol–water partition coefficient (Wildman–Crippen LogP) is 2.89. The minimum absolute atomic E-state index is 0.0118. The fraction of sp³-hybridized carbons (Fsp3) is 0.222. The number of ether oxygens (including phenoxy) is 4. The largest absolute Gasteiger partial charge is 0.496 e. The monoisotopic (exact) mass is 348 g/mol. The molecule has 2 rings (SSSR count). The second kappa shape index (κ2) is 8.14. The fourth-order valence-electron chi connectivity index (χ4n) is 2.23. The van der Waals surface area contributed by atoms with Gasteiger partial charge in [0.2, 0.25) is 5.78 Å². The number of carbonyl (C=O) groups excluding carboxylic acids is 2. The van der Waals surface area contributed by atoms with Gasteiger partial charge in [0.25, 0.3) is 0 Å². The van der Waals surface area contributed by atoms with Crippen molar-refractivity contribution in [3.63, 3.8) is 0 Å². The number of halogens is 1. The molecule has 0 amide bonds. The number of benzene rings is 2. The molecule has 2 aromatic carbocycles. The molecule has 0 radical (unpaired) electrons. The lowest BCUT2D eigenvalue weighted by Gasteiger charge is -2.12. The Morgan fingerprint density at radius 1 is 0.920 bits per heavy atom. The van der Waals surface area contributed by atoms with E-state index in [0.29, 0.717) is 0 Å². The normalized spacial score (nSPS) is 10.1. The molecule has 0 saturated heterocycles. The van der Waals surface area contributed by atoms with Crippen molar-refractivity contribution in [1.82, 2.24) is 0 Å². The minimum Gasteiger partial charge on any atom is -0.496 e. The molecule has 0 aliphatic carbocycles. The SMILES string of the molecule is COc1ccc(F)cc1C(=O)COC(=O)c1c(OC)cccc1OC. The van der Waals surface area contributed by atoms with Crippen molar-refractivity contribution in [3.05, 3.63) is 53.3 Å². The van der Waals surface area contributed by atoms with Crippen molar-refractivity contribution in [1.29, 1.82) is 0 Å². The third-order valence-electron chi connectivity index (χ3n) is 3.43. The first kappa shape index (κ1) is 18.3. The molecule has 0 atom stereocenters. The van der Waals surface area contributed by atoms with Crippen molar-refractivity contribution in [2.24, 2.45) is 0 Å². The first-order valence-corrected chi connectivity index (χ1v) is 7.26. The summed E-state index contributed by atoms with van der Waals surface area (Å²) in [6.45, 7) is -0.583. The highest BCUT2D eigenvalue weighted by Crippen LogP contribution is 2.29. The van der Waals surface area contributed by atoms with Crippen LogP contribution in [0.2, 0.25) is 0 Å². The number of carbonyl (C=O) groups is 2. The van der Waals surface area contributed by atoms with Gasteiger partial charge >= 0.3 is 5.97 Å². The second-order valence-corrected chi connectivity index (χ2v) is 4.88. The van der Waals surface area contributed by atoms with Crippen LogP contribution in [-0.2, 0) is 4.74 Å². The van der Waals surface area contributed by atoms with E-state index in [9.17, 15) is 14.0 Å². The van der Waals surface area contributed by atoms with Gasteiger partial charge in [0.1, 0.15) is 28.6 Å². The van der Waals surface area contributed by atoms with Gasteiger partial charge in [0, 0.05) is 0 Å². The zero-order valence-electron chi connectivity index (χ0n) is 14.0. The number of Topliss-reactive ketones (excluding diaryl/α,β-unsaturated/α-hetero) is 1. The van der Waals surface area contributed by atoms with E-state index >= 15 is 0 Å². The van der Waals surface area contributed by atoms with E-state index in [1.165, 1.54) is 33.5 Å². The van der Waals surface area contributed by atoms with E-state index < -0.39 is 24.2 Å². The summed E-state index contributed by atoms with van der Waals surface area (Å²) in [5, 5.41) is 0. The van der Waals surface area contributed by atoms with Crippen molar-refractivity contribution in [2.75, 3.05) is 27.9 Å². The maximum absolute atomic E-state index is 13.4. The highest BCUT2D eigenvalue weighted by molar-refractivity contribution is 6.02. The summed E-state index contributed by atoms with van der Waals surface area (Å²) in [4.78, 5) is 24.6. The summed E-state index contributed by atoms with van der Waals surface area (Å²) in [6.07, 6.45) is 0. The Morgan fingerprint density at radius 2 is 1.52 bits per heavy atom. The molecule has 7 heteroatoms. The van der Waals surface area contributed by atoms with Gasteiger partial charge in [-0.3, -0.25) is 4.79 Å². The van der Waals surface area contributed by atoms with E-state index in [2.05, 4.69) is 0 Å². The van der Waals surface area contributed by atoms with Crippen LogP contribution in [0.25, 0.3) is 0 Å². The molecule has 0 bridgehead atoms. The topological polar surface area (TPSA) is 71.1 Å². The fourth-order valence-corrected chi connectivity index (χ4v) is 2.23. The molecule has 0 heterocycles. The van der Waals surface area contributed by atoms with Gasteiger partial charge in [-0.05, 0) is 30.3 Å². The van der Waals surface area contributed by atoms with Crippen LogP contribution in [0.3, 0.4) is 0 Å². The van der Waals surface area contributed by atoms with Crippen LogP contribution in [-0.4, -0.2) is 39.7 Å². The van der Waals surface area contributed by atoms with Gasteiger partial charge < -0.3 is 18.9 Å². The van der Waals surface area contributed by atoms with E-state index in [1.54, 1.807) is 18.2 Å². The quantitative estimate of drug-likeness (QED) is 0.566. The minimum atomic E-state index is -0.794. The van der Waals surface area contributed by atoms with Gasteiger partial charge in [-0.25, -0.2) is 9.18 Å². The Bertz CT molecular complexity index is 765. The van der Waals surface area contributed by atoms with Crippen LogP contribution in [0.1, 0.15) is 20.7 Å². The lowest BCUT2D eigenvalue weighted by molar-refractivity contribution is 0.0467. The lowest BCUT2D eigenvalue weighted by atomic mass is 10.1. The van der Waals surface area contributed by atoms with Gasteiger partial charge in [-0.2, -0.15) is 0 Å². The molecule has 2 aromatic rings. The van der Waals surface area contributed by atoms with Gasteiger partial charge in [0.15, 0.2) is 6.61 Å². The molecule has 0 N–H and O–H groups in total. The first-order chi connectivity index (χ1) is 12.0. The smallest absolute Gasteiger partial charge is 0.346 e. The molecule has 0 spiro atoms. The highest BCUT2D eigenvalue weighted by Gasteiger charge is 2.22. The Balaban J connectivity index is 2.18. The molecule has 0 aliphatic heterocycles. The zero-order valence-corrected chi connectivity index (χ0v) is 14.0. The number of rotatable bonds is 7. The van der Waals surface area contributed by atoms with E-state index in [1.807, 2.05) is 0 Å². The zero-order chi connectivity index (χ0) is 18.4. The Hall–Kier alpha value is -3.09. The van der Waals surface area contributed by atoms with Crippen LogP contribution >= 0.6 is 0 Å². The van der Waals surface area contributed by atoms with Crippen molar-refractivity contribution >= 4 is 11.8 Å². The average Bonchev–Trinajstić information content (AvgIpc) is 2.64. The van der Waals surface area contributed by atoms with Gasteiger partial charge in [-0.1, -0.05) is 6.07 Å². The average molecular weight is 348 g/mol. The maximum atomic E-state index is 13.4. The van der Waals surface area contributed by atoms with E-state index in [-0.39, 0.29) is 28.4 Å². The maximum Gasteiger partial charge on any atom is 0.346 e. The van der Waals surface area contributed by atoms with Crippen LogP contribution in [0.5, 0.6) is 17.2 Å². The Morgan fingerprint density at radius 3 is 2.08 bits per heavy atom. The molecule has 25 heavy (non-hydrogen) atoms. The summed E-state index contributed by atoms with van der Waals surface area (Å²) in [7, 11) is 4.15. The number of hydrogen-bond acceptors (Lipinski definition) is 6. The number of esters is 1. The highest BCUT2D eigenvalue weighted by atomic mass is 19.1. The molecule has 0 fully saturated rings. The molecule has 6 nitrogen and oxygen atoms in total. The van der Waals surface area contributed by atoms with Crippen molar-refractivity contribution < 1.29 is 32.9 Å². The Kier molecular flexibility index (Phi) is 5.94. The summed E-state index contributed by atoms with van der Waals surface area (Å²) in [6, 6.07) is 8.30. The van der Waals surface area contributed by atoms with Gasteiger partial charge in [0.05, 0.1) is 26.9 Å². The summed E-state index contributed by atoms with van der Waals surface area (Å²) < 4.78 is 33.7. The lowest BCUT2D eigenvalue weighted by Crippen LogP contribution is -2.16. The second-order valence-electron chi connectivity index (χ2n) is 4.88. The third kappa shape index (κ3) is 4.06. The van der Waals surface area contributed by atoms with E-state index in [0.717, 1.165) is 6.07 Å².